The van der Waals surface area contributed by atoms with Gasteiger partial charge in [-0.15, -0.1) is 0 Å². The second-order valence-electron chi connectivity index (χ2n) is 9.16. The zero-order valence-corrected chi connectivity index (χ0v) is 22.3. The highest BCUT2D eigenvalue weighted by atomic mass is 35.5. The van der Waals surface area contributed by atoms with Crippen molar-refractivity contribution in [1.82, 2.24) is 25.0 Å². The molecular formula is C28H32ClN5O3. The summed E-state index contributed by atoms with van der Waals surface area (Å²) in [5, 5.41) is 18.3. The fourth-order valence-electron chi connectivity index (χ4n) is 4.49. The molecule has 8 nitrogen and oxygen atoms in total. The van der Waals surface area contributed by atoms with Crippen LogP contribution in [0, 0.1) is 0 Å². The van der Waals surface area contributed by atoms with Crippen molar-refractivity contribution >= 4 is 28.4 Å². The van der Waals surface area contributed by atoms with Crippen LogP contribution in [0.4, 0.5) is 0 Å². The number of aliphatic hydroxyl groups is 1. The predicted octanol–water partition coefficient (Wildman–Crippen LogP) is 4.93. The number of fused-ring (bicyclic) bond motifs is 1. The molecule has 9 heteroatoms. The molecule has 0 fully saturated rings. The summed E-state index contributed by atoms with van der Waals surface area (Å²) in [5.41, 5.74) is 4.48. The Balaban J connectivity index is 1.72. The average Bonchev–Trinajstić information content (AvgIpc) is 3.38. The number of aromatic amines is 1. The number of aliphatic hydroxyl groups excluding tert-OH is 1. The minimum absolute atomic E-state index is 0.138. The molecule has 194 valence electrons. The number of carbonyl (C=O) groups is 1. The molecule has 1 atom stereocenters. The zero-order valence-electron chi connectivity index (χ0n) is 21.5. The van der Waals surface area contributed by atoms with Gasteiger partial charge in [0, 0.05) is 40.3 Å². The first-order valence-corrected chi connectivity index (χ1v) is 12.6. The molecule has 0 radical (unpaired) electrons. The van der Waals surface area contributed by atoms with E-state index in [2.05, 4.69) is 20.1 Å². The summed E-state index contributed by atoms with van der Waals surface area (Å²) in [5.74, 6) is 0.486. The highest BCUT2D eigenvalue weighted by molar-refractivity contribution is 6.30. The Morgan fingerprint density at radius 1 is 1.16 bits per heavy atom. The number of pyridine rings is 1. The Hall–Kier alpha value is -3.46. The number of halogens is 1. The quantitative estimate of drug-likeness (QED) is 0.307. The van der Waals surface area contributed by atoms with Gasteiger partial charge in [-0.2, -0.15) is 5.10 Å². The summed E-state index contributed by atoms with van der Waals surface area (Å²) in [6.45, 7) is 2.95. The largest absolute Gasteiger partial charge is 0.493 e. The monoisotopic (exact) mass is 521 g/mol. The highest BCUT2D eigenvalue weighted by Crippen LogP contribution is 2.35. The van der Waals surface area contributed by atoms with E-state index in [4.69, 9.17) is 16.3 Å². The van der Waals surface area contributed by atoms with Crippen molar-refractivity contribution in [3.63, 3.8) is 0 Å². The molecule has 2 N–H and O–H groups in total. The third-order valence-electron chi connectivity index (χ3n) is 6.41. The molecule has 2 heterocycles. The molecule has 0 unspecified atom stereocenters. The lowest BCUT2D eigenvalue weighted by atomic mass is 9.99. The second-order valence-corrected chi connectivity index (χ2v) is 9.59. The lowest BCUT2D eigenvalue weighted by Crippen LogP contribution is -2.33. The van der Waals surface area contributed by atoms with Crippen LogP contribution in [0.25, 0.3) is 22.0 Å². The molecule has 4 aromatic rings. The molecule has 2 aromatic heterocycles. The van der Waals surface area contributed by atoms with Crippen molar-refractivity contribution < 1.29 is 14.6 Å². The summed E-state index contributed by atoms with van der Waals surface area (Å²) >= 11 is 6.21. The van der Waals surface area contributed by atoms with Crippen LogP contribution < -0.4 is 4.74 Å². The number of hydrogen-bond acceptors (Lipinski definition) is 6. The van der Waals surface area contributed by atoms with Crippen LogP contribution in [0.3, 0.4) is 0 Å². The van der Waals surface area contributed by atoms with E-state index in [1.165, 1.54) is 0 Å². The van der Waals surface area contributed by atoms with Crippen LogP contribution in [-0.2, 0) is 6.61 Å². The molecule has 0 bridgehead atoms. The third-order valence-corrected chi connectivity index (χ3v) is 6.64. The number of amides is 1. The van der Waals surface area contributed by atoms with Crippen LogP contribution >= 0.6 is 11.6 Å². The molecule has 0 saturated heterocycles. The summed E-state index contributed by atoms with van der Waals surface area (Å²) in [6.07, 6.45) is 4.07. The fraction of sp³-hybridized carbons (Fsp3) is 0.321. The van der Waals surface area contributed by atoms with Crippen LogP contribution in [-0.4, -0.2) is 70.3 Å². The maximum Gasteiger partial charge on any atom is 0.254 e. The van der Waals surface area contributed by atoms with Gasteiger partial charge < -0.3 is 19.6 Å². The van der Waals surface area contributed by atoms with E-state index in [1.54, 1.807) is 30.4 Å². The predicted molar refractivity (Wildman–Crippen MR) is 146 cm³/mol. The number of nitrogens with zero attached hydrogens (tertiary/aromatic N) is 4. The Kier molecular flexibility index (Phi) is 8.43. The van der Waals surface area contributed by atoms with E-state index in [0.29, 0.717) is 35.1 Å². The van der Waals surface area contributed by atoms with Crippen molar-refractivity contribution in [2.75, 3.05) is 34.3 Å². The normalized spacial score (nSPS) is 12.2. The van der Waals surface area contributed by atoms with E-state index in [1.807, 2.05) is 57.4 Å². The first-order valence-electron chi connectivity index (χ1n) is 12.2. The number of aromatic nitrogens is 3. The van der Waals surface area contributed by atoms with Crippen LogP contribution in [0.2, 0.25) is 5.02 Å². The molecule has 0 aliphatic heterocycles. The highest BCUT2D eigenvalue weighted by Gasteiger charge is 2.27. The van der Waals surface area contributed by atoms with Crippen molar-refractivity contribution in [2.24, 2.45) is 0 Å². The third kappa shape index (κ3) is 5.77. The van der Waals surface area contributed by atoms with E-state index in [9.17, 15) is 9.90 Å². The molecular weight excluding hydrogens is 490 g/mol. The van der Waals surface area contributed by atoms with Crippen molar-refractivity contribution in [1.29, 1.82) is 0 Å². The fourth-order valence-corrected chi connectivity index (χ4v) is 4.68. The van der Waals surface area contributed by atoms with Crippen molar-refractivity contribution in [3.8, 4) is 16.9 Å². The summed E-state index contributed by atoms with van der Waals surface area (Å²) in [7, 11) is 5.80. The molecule has 0 aliphatic rings. The van der Waals surface area contributed by atoms with E-state index < -0.39 is 0 Å². The smallest absolute Gasteiger partial charge is 0.254 e. The van der Waals surface area contributed by atoms with Crippen molar-refractivity contribution in [3.05, 3.63) is 76.7 Å². The van der Waals surface area contributed by atoms with Gasteiger partial charge in [0.25, 0.3) is 5.91 Å². The Morgan fingerprint density at radius 2 is 1.97 bits per heavy atom. The van der Waals surface area contributed by atoms with Gasteiger partial charge >= 0.3 is 0 Å². The van der Waals surface area contributed by atoms with Gasteiger partial charge in [-0.1, -0.05) is 23.7 Å². The number of benzene rings is 2. The summed E-state index contributed by atoms with van der Waals surface area (Å²) in [6, 6.07) is 12.8. The molecule has 1 amide bonds. The van der Waals surface area contributed by atoms with Crippen LogP contribution in [0.5, 0.6) is 5.75 Å². The standard InChI is InChI=1S/C28H32ClN5O3/c1-5-37-26-14-19(9-10-21(26)18-7-6-8-20(29)13-18)28(36)34(4)25(11-12-33(2)3)23-15-30-24(17-35)22-16-31-32-27(22)23/h6-10,13-16,25,35H,5,11-12,17H2,1-4H3,(H,31,32)/t25-/m1/s1. The maximum absolute atomic E-state index is 13.8. The van der Waals surface area contributed by atoms with Gasteiger partial charge in [-0.05, 0) is 69.9 Å². The number of hydrogen-bond donors (Lipinski definition) is 2. The van der Waals surface area contributed by atoms with Gasteiger partial charge in [0.2, 0.25) is 0 Å². The van der Waals surface area contributed by atoms with Gasteiger partial charge in [0.15, 0.2) is 0 Å². The summed E-state index contributed by atoms with van der Waals surface area (Å²) < 4.78 is 5.93. The number of nitrogens with one attached hydrogen (secondary N) is 1. The minimum atomic E-state index is -0.277. The lowest BCUT2D eigenvalue weighted by Gasteiger charge is -2.30. The van der Waals surface area contributed by atoms with E-state index >= 15 is 0 Å². The summed E-state index contributed by atoms with van der Waals surface area (Å²) in [4.78, 5) is 22.1. The molecule has 0 spiro atoms. The number of carbonyl (C=O) groups excluding carboxylic acids is 1. The van der Waals surface area contributed by atoms with Crippen molar-refractivity contribution in [2.45, 2.75) is 26.0 Å². The average molecular weight is 522 g/mol. The Labute approximate surface area is 221 Å². The topological polar surface area (TPSA) is 94.6 Å². The first kappa shape index (κ1) is 26.6. The maximum atomic E-state index is 13.8. The number of H-pyrrole nitrogens is 1. The number of rotatable bonds is 10. The molecule has 0 aliphatic carbocycles. The SMILES string of the molecule is CCOc1cc(C(=O)N(C)[C@H](CCN(C)C)c2cnc(CO)c3cn[nH]c23)ccc1-c1cccc(Cl)c1. The first-order chi connectivity index (χ1) is 17.8. The van der Waals surface area contributed by atoms with Gasteiger partial charge in [-0.3, -0.25) is 14.9 Å². The Morgan fingerprint density at radius 3 is 2.68 bits per heavy atom. The van der Waals surface area contributed by atoms with Crippen LogP contribution in [0.15, 0.2) is 54.9 Å². The van der Waals surface area contributed by atoms with Gasteiger partial charge in [0.05, 0.1) is 36.7 Å². The van der Waals surface area contributed by atoms with Gasteiger partial charge in [0.1, 0.15) is 5.75 Å². The molecule has 0 saturated carbocycles. The van der Waals surface area contributed by atoms with Crippen LogP contribution in [0.1, 0.15) is 41.0 Å². The molecule has 37 heavy (non-hydrogen) atoms. The number of ether oxygens (including phenoxy) is 1. The van der Waals surface area contributed by atoms with E-state index in [-0.39, 0.29) is 18.6 Å². The Bertz CT molecular complexity index is 1390. The zero-order chi connectivity index (χ0) is 26.5. The second kappa shape index (κ2) is 11.7. The van der Waals surface area contributed by atoms with E-state index in [0.717, 1.165) is 34.1 Å². The lowest BCUT2D eigenvalue weighted by molar-refractivity contribution is 0.0716. The molecule has 2 aromatic carbocycles. The minimum Gasteiger partial charge on any atom is -0.493 e. The molecule has 4 rings (SSSR count). The van der Waals surface area contributed by atoms with Gasteiger partial charge in [-0.25, -0.2) is 0 Å².